The normalized spacial score (nSPS) is 16.2. The van der Waals surface area contributed by atoms with Crippen molar-refractivity contribution in [3.8, 4) is 0 Å². The Morgan fingerprint density at radius 2 is 1.83 bits per heavy atom. The first-order chi connectivity index (χ1) is 16.8. The summed E-state index contributed by atoms with van der Waals surface area (Å²) in [4.78, 5) is 64.0. The second-order valence-electron chi connectivity index (χ2n) is 8.83. The van der Waals surface area contributed by atoms with E-state index in [2.05, 4.69) is 10.6 Å². The Morgan fingerprint density at radius 1 is 1.09 bits per heavy atom. The maximum absolute atomic E-state index is 12.8. The molecule has 0 bridgehead atoms. The van der Waals surface area contributed by atoms with Gasteiger partial charge < -0.3 is 15.4 Å². The molecule has 2 rings (SSSR count). The largest absolute Gasteiger partial charge is 0.445 e. The van der Waals surface area contributed by atoms with Crippen molar-refractivity contribution >= 4 is 29.5 Å². The molecule has 0 unspecified atom stereocenters. The van der Waals surface area contributed by atoms with Gasteiger partial charge in [0.1, 0.15) is 13.2 Å². The zero-order valence-electron chi connectivity index (χ0n) is 20.7. The summed E-state index contributed by atoms with van der Waals surface area (Å²) in [5, 5.41) is 5.15. The molecule has 0 saturated heterocycles. The van der Waals surface area contributed by atoms with E-state index in [0.29, 0.717) is 38.6 Å². The minimum absolute atomic E-state index is 0.0734. The zero-order chi connectivity index (χ0) is 25.6. The average Bonchev–Trinajstić information content (AvgIpc) is 2.86. The van der Waals surface area contributed by atoms with Crippen LogP contribution in [0.2, 0.25) is 0 Å². The number of nitrogens with zero attached hydrogens (tertiary/aromatic N) is 1. The Kier molecular flexibility index (Phi) is 11.9. The fraction of sp³-hybridized carbons (Fsp3) is 0.577. The van der Waals surface area contributed by atoms with E-state index in [4.69, 9.17) is 4.74 Å². The summed E-state index contributed by atoms with van der Waals surface area (Å²) in [6.45, 7) is 3.91. The molecule has 9 heteroatoms. The Bertz CT molecular complexity index is 873. The minimum atomic E-state index is -1.02. The van der Waals surface area contributed by atoms with Crippen molar-refractivity contribution in [1.29, 1.82) is 0 Å². The van der Waals surface area contributed by atoms with Crippen LogP contribution in [0.3, 0.4) is 0 Å². The maximum atomic E-state index is 12.8. The topological polar surface area (TPSA) is 122 Å². The predicted octanol–water partition coefficient (Wildman–Crippen LogP) is 2.91. The van der Waals surface area contributed by atoms with Gasteiger partial charge in [0.05, 0.1) is 12.1 Å². The summed E-state index contributed by atoms with van der Waals surface area (Å²) in [6.07, 6.45) is 4.19. The first-order valence-corrected chi connectivity index (χ1v) is 12.5. The van der Waals surface area contributed by atoms with Gasteiger partial charge in [-0.3, -0.25) is 24.1 Å². The molecule has 1 aliphatic carbocycles. The molecule has 3 amide bonds. The third-order valence-electron chi connectivity index (χ3n) is 5.87. The number of Topliss-reactive ketones (excluding diaryl/α,β-unsaturated/α-hetero) is 2. The van der Waals surface area contributed by atoms with Crippen LogP contribution in [0, 0.1) is 0 Å². The predicted molar refractivity (Wildman–Crippen MR) is 130 cm³/mol. The lowest BCUT2D eigenvalue weighted by Gasteiger charge is -2.24. The van der Waals surface area contributed by atoms with E-state index in [0.717, 1.165) is 24.8 Å². The number of amides is 3. The molecule has 35 heavy (non-hydrogen) atoms. The number of carbonyl (C=O) groups excluding carboxylic acids is 5. The molecule has 0 radical (unpaired) electrons. The molecule has 1 fully saturated rings. The zero-order valence-corrected chi connectivity index (χ0v) is 20.7. The van der Waals surface area contributed by atoms with Crippen LogP contribution in [-0.4, -0.2) is 59.5 Å². The van der Waals surface area contributed by atoms with Crippen LogP contribution in [0.4, 0.5) is 4.79 Å². The summed E-state index contributed by atoms with van der Waals surface area (Å²) in [5.74, 6) is -2.26. The summed E-state index contributed by atoms with van der Waals surface area (Å²) in [5.41, 5.74) is 0.828. The maximum Gasteiger partial charge on any atom is 0.410 e. The quantitative estimate of drug-likeness (QED) is 0.413. The summed E-state index contributed by atoms with van der Waals surface area (Å²) in [7, 11) is 0. The van der Waals surface area contributed by atoms with Crippen molar-refractivity contribution in [2.75, 3.05) is 13.1 Å². The van der Waals surface area contributed by atoms with Crippen molar-refractivity contribution in [3.63, 3.8) is 0 Å². The van der Waals surface area contributed by atoms with Crippen molar-refractivity contribution in [1.82, 2.24) is 15.5 Å². The second kappa shape index (κ2) is 14.9. The van der Waals surface area contributed by atoms with E-state index in [9.17, 15) is 24.0 Å². The van der Waals surface area contributed by atoms with Crippen molar-refractivity contribution in [2.45, 2.75) is 83.9 Å². The van der Waals surface area contributed by atoms with E-state index in [1.807, 2.05) is 44.2 Å². The van der Waals surface area contributed by atoms with Crippen LogP contribution in [0.25, 0.3) is 0 Å². The average molecular weight is 488 g/mol. The Labute approximate surface area is 207 Å². The summed E-state index contributed by atoms with van der Waals surface area (Å²) in [6, 6.07) is 7.54. The van der Waals surface area contributed by atoms with Gasteiger partial charge in [0, 0.05) is 13.0 Å². The van der Waals surface area contributed by atoms with Crippen molar-refractivity contribution < 1.29 is 28.7 Å². The molecule has 0 aromatic heterocycles. The fourth-order valence-electron chi connectivity index (χ4n) is 3.93. The lowest BCUT2D eigenvalue weighted by atomic mass is 9.93. The number of ketones is 2. The number of benzene rings is 1. The molecule has 0 spiro atoms. The van der Waals surface area contributed by atoms with Gasteiger partial charge in [-0.25, -0.2) is 4.79 Å². The van der Waals surface area contributed by atoms with Gasteiger partial charge >= 0.3 is 6.09 Å². The van der Waals surface area contributed by atoms with Crippen LogP contribution in [0.15, 0.2) is 30.3 Å². The number of carbonyl (C=O) groups is 5. The molecule has 192 valence electrons. The minimum Gasteiger partial charge on any atom is -0.445 e. The third kappa shape index (κ3) is 9.50. The van der Waals surface area contributed by atoms with Crippen LogP contribution >= 0.6 is 0 Å². The van der Waals surface area contributed by atoms with E-state index >= 15 is 0 Å². The third-order valence-corrected chi connectivity index (χ3v) is 5.87. The highest BCUT2D eigenvalue weighted by Crippen LogP contribution is 2.15. The first-order valence-electron chi connectivity index (χ1n) is 12.5. The van der Waals surface area contributed by atoms with Gasteiger partial charge in [0.25, 0.3) is 5.91 Å². The Balaban J connectivity index is 1.96. The summed E-state index contributed by atoms with van der Waals surface area (Å²) < 4.78 is 5.34. The molecule has 1 saturated carbocycles. The van der Waals surface area contributed by atoms with E-state index in [1.165, 1.54) is 4.90 Å². The second-order valence-corrected chi connectivity index (χ2v) is 8.83. The molecule has 2 N–H and O–H groups in total. The highest BCUT2D eigenvalue weighted by atomic mass is 16.6. The number of hydrogen-bond acceptors (Lipinski definition) is 6. The molecule has 2 atom stereocenters. The molecule has 1 aliphatic rings. The fourth-order valence-corrected chi connectivity index (χ4v) is 3.93. The Hall–Kier alpha value is -3.23. The van der Waals surface area contributed by atoms with Crippen LogP contribution in [0.1, 0.15) is 70.8 Å². The number of nitrogens with one attached hydrogen (secondary N) is 2. The summed E-state index contributed by atoms with van der Waals surface area (Å²) >= 11 is 0. The van der Waals surface area contributed by atoms with E-state index in [-0.39, 0.29) is 18.9 Å². The monoisotopic (exact) mass is 487 g/mol. The smallest absolute Gasteiger partial charge is 0.410 e. The number of hydrogen-bond donors (Lipinski definition) is 2. The molecule has 0 aliphatic heterocycles. The standard InChI is InChI=1S/C26H37N3O6/c1-3-5-13-21(24(32)25(33)28-20-14-9-10-15-22(20)30)27-23(31)17-29(16-4-2)26(34)35-18-19-11-7-6-8-12-19/h6-8,11-12,20-21H,3-5,9-10,13-18H2,1-2H3,(H,27,31)(H,28,33)/t20-,21-/m0/s1. The lowest BCUT2D eigenvalue weighted by molar-refractivity contribution is -0.141. The van der Waals surface area contributed by atoms with Crippen LogP contribution < -0.4 is 10.6 Å². The lowest BCUT2D eigenvalue weighted by Crippen LogP contribution is -2.53. The van der Waals surface area contributed by atoms with Gasteiger partial charge in [0.15, 0.2) is 5.78 Å². The van der Waals surface area contributed by atoms with Crippen LogP contribution in [-0.2, 0) is 30.5 Å². The molecule has 1 aromatic carbocycles. The first kappa shape index (κ1) is 28.0. The SMILES string of the molecule is CCCC[C@H](NC(=O)CN(CCC)C(=O)OCc1ccccc1)C(=O)C(=O)N[C@H]1CCCCC1=O. The highest BCUT2D eigenvalue weighted by Gasteiger charge is 2.31. The molecular formula is C26H37N3O6. The van der Waals surface area contributed by atoms with Crippen molar-refractivity contribution in [3.05, 3.63) is 35.9 Å². The van der Waals surface area contributed by atoms with Gasteiger partial charge in [-0.05, 0) is 31.2 Å². The molecule has 0 heterocycles. The van der Waals surface area contributed by atoms with Gasteiger partial charge in [-0.15, -0.1) is 0 Å². The van der Waals surface area contributed by atoms with Gasteiger partial charge in [0.2, 0.25) is 11.7 Å². The van der Waals surface area contributed by atoms with Gasteiger partial charge in [-0.2, -0.15) is 0 Å². The highest BCUT2D eigenvalue weighted by molar-refractivity contribution is 6.38. The van der Waals surface area contributed by atoms with E-state index in [1.54, 1.807) is 0 Å². The molecule has 9 nitrogen and oxygen atoms in total. The van der Waals surface area contributed by atoms with Gasteiger partial charge in [-0.1, -0.05) is 63.4 Å². The van der Waals surface area contributed by atoms with E-state index < -0.39 is 35.8 Å². The number of ether oxygens (including phenoxy) is 1. The number of rotatable bonds is 13. The van der Waals surface area contributed by atoms with Crippen molar-refractivity contribution in [2.24, 2.45) is 0 Å². The molecular weight excluding hydrogens is 450 g/mol. The number of unbranched alkanes of at least 4 members (excludes halogenated alkanes) is 1. The van der Waals surface area contributed by atoms with Crippen LogP contribution in [0.5, 0.6) is 0 Å². The molecule has 1 aromatic rings. The Morgan fingerprint density at radius 3 is 2.49 bits per heavy atom.